The van der Waals surface area contributed by atoms with Crippen LogP contribution in [0.2, 0.25) is 0 Å². The van der Waals surface area contributed by atoms with E-state index >= 15 is 0 Å². The topological polar surface area (TPSA) is 49.4 Å². The molecule has 1 N–H and O–H groups in total. The Morgan fingerprint density at radius 1 is 1.39 bits per heavy atom. The molecule has 0 saturated carbocycles. The number of amides is 2. The molecule has 1 atom stereocenters. The summed E-state index contributed by atoms with van der Waals surface area (Å²) < 4.78 is 0. The number of thiophene rings is 1. The molecule has 0 spiro atoms. The Hall–Kier alpha value is -1.20. The van der Waals surface area contributed by atoms with Gasteiger partial charge in [-0.2, -0.15) is 0 Å². The lowest BCUT2D eigenvalue weighted by Crippen LogP contribution is -2.51. The molecule has 0 aromatic carbocycles. The third kappa shape index (κ3) is 2.79. The zero-order chi connectivity index (χ0) is 13.1. The van der Waals surface area contributed by atoms with Gasteiger partial charge in [0.15, 0.2) is 0 Å². The van der Waals surface area contributed by atoms with Crippen molar-refractivity contribution in [1.29, 1.82) is 0 Å². The second-order valence-corrected chi connectivity index (χ2v) is 5.74. The molecule has 0 aliphatic carbocycles. The van der Waals surface area contributed by atoms with Crippen molar-refractivity contribution in [2.45, 2.75) is 38.8 Å². The predicted molar refractivity (Wildman–Crippen MR) is 71.3 cm³/mol. The Morgan fingerprint density at radius 2 is 2.11 bits per heavy atom. The lowest BCUT2D eigenvalue weighted by atomic mass is 10.0. The molecular formula is C13H18N2O2S. The highest BCUT2D eigenvalue weighted by molar-refractivity contribution is 7.11. The first-order chi connectivity index (χ1) is 8.61. The van der Waals surface area contributed by atoms with Gasteiger partial charge in [0.25, 0.3) is 0 Å². The minimum Gasteiger partial charge on any atom is -0.301 e. The van der Waals surface area contributed by atoms with Crippen LogP contribution < -0.4 is 5.32 Å². The molecule has 1 unspecified atom stereocenters. The van der Waals surface area contributed by atoms with Crippen LogP contribution >= 0.6 is 11.3 Å². The van der Waals surface area contributed by atoms with Gasteiger partial charge in [0, 0.05) is 29.8 Å². The summed E-state index contributed by atoms with van der Waals surface area (Å²) in [6.45, 7) is 2.83. The van der Waals surface area contributed by atoms with Crippen molar-refractivity contribution < 1.29 is 9.59 Å². The summed E-state index contributed by atoms with van der Waals surface area (Å²) in [5.41, 5.74) is 0. The van der Waals surface area contributed by atoms with Crippen LogP contribution in [0, 0.1) is 0 Å². The summed E-state index contributed by atoms with van der Waals surface area (Å²) >= 11 is 1.77. The van der Waals surface area contributed by atoms with Gasteiger partial charge in [0.1, 0.15) is 0 Å². The summed E-state index contributed by atoms with van der Waals surface area (Å²) in [5, 5.41) is 3.24. The van der Waals surface area contributed by atoms with Crippen molar-refractivity contribution in [1.82, 2.24) is 10.2 Å². The molecule has 1 aliphatic rings. The first-order valence-electron chi connectivity index (χ1n) is 6.23. The lowest BCUT2D eigenvalue weighted by Gasteiger charge is -2.28. The average Bonchev–Trinajstić information content (AvgIpc) is 2.83. The fraction of sp³-hybridized carbons (Fsp3) is 0.538. The van der Waals surface area contributed by atoms with Gasteiger partial charge in [0.2, 0.25) is 11.8 Å². The molecule has 2 rings (SSSR count). The third-order valence-electron chi connectivity index (χ3n) is 3.24. The molecule has 0 radical (unpaired) electrons. The van der Waals surface area contributed by atoms with Crippen LogP contribution in [0.3, 0.4) is 0 Å². The van der Waals surface area contributed by atoms with Gasteiger partial charge in [-0.25, -0.2) is 0 Å². The van der Waals surface area contributed by atoms with Crippen molar-refractivity contribution in [2.75, 3.05) is 7.05 Å². The molecule has 4 nitrogen and oxygen atoms in total. The van der Waals surface area contributed by atoms with Crippen LogP contribution in [-0.2, 0) is 22.6 Å². The SMILES string of the molecule is CCc1ccc(CNC2CCC(=O)N(C)C2=O)s1. The number of carbonyl (C=O) groups excluding carboxylic acids is 2. The second kappa shape index (κ2) is 5.63. The molecule has 2 amide bonds. The summed E-state index contributed by atoms with van der Waals surface area (Å²) in [6.07, 6.45) is 2.10. The first-order valence-corrected chi connectivity index (χ1v) is 7.05. The number of carbonyl (C=O) groups is 2. The highest BCUT2D eigenvalue weighted by Gasteiger charge is 2.31. The van der Waals surface area contributed by atoms with Gasteiger partial charge >= 0.3 is 0 Å². The molecule has 5 heteroatoms. The van der Waals surface area contributed by atoms with E-state index in [2.05, 4.69) is 24.4 Å². The van der Waals surface area contributed by atoms with Gasteiger partial charge in [-0.15, -0.1) is 11.3 Å². The smallest absolute Gasteiger partial charge is 0.246 e. The Kier molecular flexibility index (Phi) is 4.14. The average molecular weight is 266 g/mol. The van der Waals surface area contributed by atoms with Crippen molar-refractivity contribution in [2.24, 2.45) is 0 Å². The van der Waals surface area contributed by atoms with E-state index in [1.807, 2.05) is 0 Å². The number of imide groups is 1. The van der Waals surface area contributed by atoms with Gasteiger partial charge in [-0.1, -0.05) is 6.92 Å². The monoisotopic (exact) mass is 266 g/mol. The van der Waals surface area contributed by atoms with Crippen molar-refractivity contribution in [3.63, 3.8) is 0 Å². The highest BCUT2D eigenvalue weighted by Crippen LogP contribution is 2.18. The predicted octanol–water partition coefficient (Wildman–Crippen LogP) is 1.55. The minimum atomic E-state index is -0.222. The van der Waals surface area contributed by atoms with Gasteiger partial charge < -0.3 is 5.32 Å². The molecule has 18 heavy (non-hydrogen) atoms. The summed E-state index contributed by atoms with van der Waals surface area (Å²) in [7, 11) is 1.55. The van der Waals surface area contributed by atoms with Crippen LogP contribution in [0.4, 0.5) is 0 Å². The number of piperidine rings is 1. The number of nitrogens with zero attached hydrogens (tertiary/aromatic N) is 1. The number of hydrogen-bond donors (Lipinski definition) is 1. The number of rotatable bonds is 4. The fourth-order valence-electron chi connectivity index (χ4n) is 2.04. The first kappa shape index (κ1) is 13.2. The Morgan fingerprint density at radius 3 is 2.78 bits per heavy atom. The van der Waals surface area contributed by atoms with E-state index in [0.29, 0.717) is 19.4 Å². The molecule has 1 aromatic rings. The number of likely N-dealkylation sites (N-methyl/N-ethyl adjacent to an activating group) is 1. The van der Waals surface area contributed by atoms with Crippen LogP contribution in [-0.4, -0.2) is 29.8 Å². The molecule has 2 heterocycles. The molecule has 1 fully saturated rings. The zero-order valence-electron chi connectivity index (χ0n) is 10.7. The molecule has 1 aliphatic heterocycles. The van der Waals surface area contributed by atoms with Crippen LogP contribution in [0.15, 0.2) is 12.1 Å². The van der Waals surface area contributed by atoms with Crippen molar-refractivity contribution in [3.05, 3.63) is 21.9 Å². The van der Waals surface area contributed by atoms with Crippen molar-refractivity contribution in [3.8, 4) is 0 Å². The standard InChI is InChI=1S/C13H18N2O2S/c1-3-9-4-5-10(18-9)8-14-11-6-7-12(16)15(2)13(11)17/h4-5,11,14H,3,6-8H2,1-2H3. The zero-order valence-corrected chi connectivity index (χ0v) is 11.5. The van der Waals surface area contributed by atoms with Crippen LogP contribution in [0.5, 0.6) is 0 Å². The number of likely N-dealkylation sites (tertiary alicyclic amines) is 1. The normalized spacial score (nSPS) is 20.6. The molecule has 0 bridgehead atoms. The van der Waals surface area contributed by atoms with Crippen LogP contribution in [0.25, 0.3) is 0 Å². The number of aryl methyl sites for hydroxylation is 1. The lowest BCUT2D eigenvalue weighted by molar-refractivity contribution is -0.148. The van der Waals surface area contributed by atoms with E-state index in [4.69, 9.17) is 0 Å². The molecular weight excluding hydrogens is 248 g/mol. The van der Waals surface area contributed by atoms with E-state index in [1.54, 1.807) is 18.4 Å². The van der Waals surface area contributed by atoms with Crippen LogP contribution in [0.1, 0.15) is 29.5 Å². The fourth-order valence-corrected chi connectivity index (χ4v) is 2.94. The van der Waals surface area contributed by atoms with E-state index in [9.17, 15) is 9.59 Å². The maximum Gasteiger partial charge on any atom is 0.246 e. The Balaban J connectivity index is 1.90. The van der Waals surface area contributed by atoms with Gasteiger partial charge in [0.05, 0.1) is 6.04 Å². The van der Waals surface area contributed by atoms with E-state index in [1.165, 1.54) is 14.7 Å². The third-order valence-corrected chi connectivity index (χ3v) is 4.47. The summed E-state index contributed by atoms with van der Waals surface area (Å²) in [6, 6.07) is 4.00. The Labute approximate surface area is 111 Å². The maximum atomic E-state index is 11.9. The quantitative estimate of drug-likeness (QED) is 0.841. The minimum absolute atomic E-state index is 0.0811. The Bertz CT molecular complexity index is 456. The van der Waals surface area contributed by atoms with Crippen molar-refractivity contribution >= 4 is 23.2 Å². The molecule has 1 aromatic heterocycles. The van der Waals surface area contributed by atoms with Gasteiger partial charge in [-0.05, 0) is 25.0 Å². The van der Waals surface area contributed by atoms with E-state index in [-0.39, 0.29) is 17.9 Å². The largest absolute Gasteiger partial charge is 0.301 e. The second-order valence-electron chi connectivity index (χ2n) is 4.48. The summed E-state index contributed by atoms with van der Waals surface area (Å²) in [4.78, 5) is 27.0. The molecule has 1 saturated heterocycles. The van der Waals surface area contributed by atoms with E-state index in [0.717, 1.165) is 6.42 Å². The van der Waals surface area contributed by atoms with Gasteiger partial charge in [-0.3, -0.25) is 14.5 Å². The number of hydrogen-bond acceptors (Lipinski definition) is 4. The molecule has 98 valence electrons. The summed E-state index contributed by atoms with van der Waals surface area (Å²) in [5.74, 6) is -0.194. The maximum absolute atomic E-state index is 11.9. The highest BCUT2D eigenvalue weighted by atomic mass is 32.1. The number of nitrogens with one attached hydrogen (secondary N) is 1. The van der Waals surface area contributed by atoms with E-state index < -0.39 is 0 Å².